The number of nitrogens with zero attached hydrogens (tertiary/aromatic N) is 3. The molecule has 1 aromatic heterocycles. The number of benzene rings is 1. The molecule has 158 valence electrons. The first-order chi connectivity index (χ1) is 13.6. The fourth-order valence-electron chi connectivity index (χ4n) is 2.83. The molecule has 0 saturated carbocycles. The Morgan fingerprint density at radius 3 is 2.45 bits per heavy atom. The standard InChI is InChI=1S/C16H19ClN4O5S3/c1-28(23,24)19-16-18-12(11-27-16)10-15(22)20-6-8-21(9-7-20)29(25,26)14-5-3-2-4-13(14)17/h2-5,11H,6-10H2,1H3,(H,18,19). The minimum absolute atomic E-state index is 0.0131. The van der Waals surface area contributed by atoms with Crippen LogP contribution in [0, 0.1) is 0 Å². The van der Waals surface area contributed by atoms with Crippen molar-refractivity contribution in [1.82, 2.24) is 14.2 Å². The zero-order chi connectivity index (χ0) is 21.2. The Morgan fingerprint density at radius 1 is 1.17 bits per heavy atom. The first-order valence-electron chi connectivity index (χ1n) is 8.51. The van der Waals surface area contributed by atoms with E-state index in [1.165, 1.54) is 16.4 Å². The Hall–Kier alpha value is -1.73. The van der Waals surface area contributed by atoms with E-state index >= 15 is 0 Å². The number of sulfonamides is 2. The van der Waals surface area contributed by atoms with Crippen molar-refractivity contribution < 1.29 is 21.6 Å². The number of hydrogen-bond acceptors (Lipinski definition) is 7. The van der Waals surface area contributed by atoms with Gasteiger partial charge in [-0.3, -0.25) is 9.52 Å². The van der Waals surface area contributed by atoms with E-state index in [9.17, 15) is 21.6 Å². The summed E-state index contributed by atoms with van der Waals surface area (Å²) < 4.78 is 51.6. The average molecular weight is 479 g/mol. The number of anilines is 1. The van der Waals surface area contributed by atoms with Gasteiger partial charge in [-0.25, -0.2) is 21.8 Å². The Kier molecular flexibility index (Phi) is 6.48. The third-order valence-corrected chi connectivity index (χ3v) is 8.10. The highest BCUT2D eigenvalue weighted by molar-refractivity contribution is 7.92. The van der Waals surface area contributed by atoms with Gasteiger partial charge in [0, 0.05) is 31.6 Å². The maximum atomic E-state index is 12.8. The topological polar surface area (TPSA) is 117 Å². The van der Waals surface area contributed by atoms with E-state index in [2.05, 4.69) is 9.71 Å². The molecular weight excluding hydrogens is 460 g/mol. The van der Waals surface area contributed by atoms with Crippen LogP contribution in [-0.4, -0.2) is 69.4 Å². The number of hydrogen-bond donors (Lipinski definition) is 1. The number of halogens is 1. The number of amides is 1. The SMILES string of the molecule is CS(=O)(=O)Nc1nc(CC(=O)N2CCN(S(=O)(=O)c3ccccc3Cl)CC2)cs1. The number of carbonyl (C=O) groups is 1. The van der Waals surface area contributed by atoms with Gasteiger partial charge in [-0.1, -0.05) is 23.7 Å². The molecule has 0 radical (unpaired) electrons. The van der Waals surface area contributed by atoms with Gasteiger partial charge in [0.05, 0.1) is 23.4 Å². The van der Waals surface area contributed by atoms with Crippen LogP contribution < -0.4 is 4.72 Å². The lowest BCUT2D eigenvalue weighted by Crippen LogP contribution is -2.50. The molecule has 1 amide bonds. The molecule has 1 fully saturated rings. The zero-order valence-corrected chi connectivity index (χ0v) is 18.6. The maximum Gasteiger partial charge on any atom is 0.244 e. The van der Waals surface area contributed by atoms with E-state index in [0.717, 1.165) is 17.6 Å². The number of thiazole rings is 1. The van der Waals surface area contributed by atoms with Crippen LogP contribution in [0.3, 0.4) is 0 Å². The van der Waals surface area contributed by atoms with Gasteiger partial charge in [0.2, 0.25) is 26.0 Å². The van der Waals surface area contributed by atoms with Gasteiger partial charge in [-0.15, -0.1) is 11.3 Å². The lowest BCUT2D eigenvalue weighted by atomic mass is 10.2. The summed E-state index contributed by atoms with van der Waals surface area (Å²) in [6.45, 7) is 0.830. The summed E-state index contributed by atoms with van der Waals surface area (Å²) >= 11 is 7.12. The predicted octanol–water partition coefficient (Wildman–Crippen LogP) is 1.24. The third-order valence-electron chi connectivity index (χ3n) is 4.20. The molecule has 0 unspecified atom stereocenters. The van der Waals surface area contributed by atoms with E-state index in [1.807, 2.05) is 0 Å². The van der Waals surface area contributed by atoms with Crippen molar-refractivity contribution in [1.29, 1.82) is 0 Å². The Morgan fingerprint density at radius 2 is 1.83 bits per heavy atom. The number of rotatable bonds is 6. The molecular formula is C16H19ClN4O5S3. The van der Waals surface area contributed by atoms with Crippen LogP contribution in [0.4, 0.5) is 5.13 Å². The number of piperazine rings is 1. The van der Waals surface area contributed by atoms with Gasteiger partial charge < -0.3 is 4.90 Å². The molecule has 1 N–H and O–H groups in total. The summed E-state index contributed by atoms with van der Waals surface area (Å²) in [7, 11) is -7.16. The van der Waals surface area contributed by atoms with E-state index in [4.69, 9.17) is 11.6 Å². The van der Waals surface area contributed by atoms with Gasteiger partial charge in [0.25, 0.3) is 0 Å². The highest BCUT2D eigenvalue weighted by Gasteiger charge is 2.31. The molecule has 3 rings (SSSR count). The van der Waals surface area contributed by atoms with Crippen molar-refractivity contribution in [3.05, 3.63) is 40.4 Å². The summed E-state index contributed by atoms with van der Waals surface area (Å²) in [5.41, 5.74) is 0.456. The molecule has 1 aromatic carbocycles. The number of nitrogens with one attached hydrogen (secondary N) is 1. The predicted molar refractivity (Wildman–Crippen MR) is 111 cm³/mol. The van der Waals surface area contributed by atoms with Gasteiger partial charge in [0.1, 0.15) is 4.90 Å². The molecule has 13 heteroatoms. The molecule has 1 aliphatic heterocycles. The molecule has 1 saturated heterocycles. The van der Waals surface area contributed by atoms with Crippen LogP contribution in [0.25, 0.3) is 0 Å². The van der Waals surface area contributed by atoms with Crippen molar-refractivity contribution >= 4 is 54.0 Å². The quantitative estimate of drug-likeness (QED) is 0.667. The molecule has 0 spiro atoms. The Balaban J connectivity index is 1.59. The highest BCUT2D eigenvalue weighted by Crippen LogP contribution is 2.25. The molecule has 2 aromatic rings. The average Bonchev–Trinajstić information content (AvgIpc) is 3.07. The zero-order valence-electron chi connectivity index (χ0n) is 15.4. The first kappa shape index (κ1) is 22.0. The lowest BCUT2D eigenvalue weighted by Gasteiger charge is -2.34. The minimum Gasteiger partial charge on any atom is -0.340 e. The van der Waals surface area contributed by atoms with Crippen molar-refractivity contribution in [2.75, 3.05) is 37.2 Å². The largest absolute Gasteiger partial charge is 0.340 e. The molecule has 0 aliphatic carbocycles. The van der Waals surface area contributed by atoms with Gasteiger partial charge in [-0.2, -0.15) is 4.31 Å². The van der Waals surface area contributed by atoms with Crippen molar-refractivity contribution in [2.45, 2.75) is 11.3 Å². The van der Waals surface area contributed by atoms with E-state index in [1.54, 1.807) is 22.4 Å². The van der Waals surface area contributed by atoms with Crippen LogP contribution in [0.1, 0.15) is 5.69 Å². The molecule has 29 heavy (non-hydrogen) atoms. The van der Waals surface area contributed by atoms with E-state index in [-0.39, 0.29) is 53.6 Å². The number of aromatic nitrogens is 1. The van der Waals surface area contributed by atoms with Crippen LogP contribution in [0.5, 0.6) is 0 Å². The monoisotopic (exact) mass is 478 g/mol. The first-order valence-corrected chi connectivity index (χ1v) is 13.1. The van der Waals surface area contributed by atoms with Crippen molar-refractivity contribution in [2.24, 2.45) is 0 Å². The Bertz CT molecular complexity index is 1110. The van der Waals surface area contributed by atoms with Crippen molar-refractivity contribution in [3.63, 3.8) is 0 Å². The van der Waals surface area contributed by atoms with Crippen molar-refractivity contribution in [3.8, 4) is 0 Å². The van der Waals surface area contributed by atoms with Crippen LogP contribution >= 0.6 is 22.9 Å². The lowest BCUT2D eigenvalue weighted by molar-refractivity contribution is -0.131. The molecule has 2 heterocycles. The van der Waals surface area contributed by atoms with Crippen LogP contribution in [-0.2, 0) is 31.3 Å². The van der Waals surface area contributed by atoms with Gasteiger partial charge in [-0.05, 0) is 12.1 Å². The highest BCUT2D eigenvalue weighted by atomic mass is 35.5. The second-order valence-corrected chi connectivity index (χ2v) is 11.3. The molecule has 9 nitrogen and oxygen atoms in total. The molecule has 0 bridgehead atoms. The summed E-state index contributed by atoms with van der Waals surface area (Å²) in [5.74, 6) is -0.198. The smallest absolute Gasteiger partial charge is 0.244 e. The second kappa shape index (κ2) is 8.56. The summed E-state index contributed by atoms with van der Waals surface area (Å²) in [6, 6.07) is 6.25. The summed E-state index contributed by atoms with van der Waals surface area (Å²) in [5, 5.41) is 1.97. The summed E-state index contributed by atoms with van der Waals surface area (Å²) in [6.07, 6.45) is 1.04. The summed E-state index contributed by atoms with van der Waals surface area (Å²) in [4.78, 5) is 18.2. The fraction of sp³-hybridized carbons (Fsp3) is 0.375. The fourth-order valence-corrected chi connectivity index (χ4v) is 6.31. The number of carbonyl (C=O) groups excluding carboxylic acids is 1. The normalized spacial score (nSPS) is 16.0. The Labute approximate surface area is 178 Å². The third kappa shape index (κ3) is 5.45. The van der Waals surface area contributed by atoms with Crippen LogP contribution in [0.2, 0.25) is 5.02 Å². The molecule has 0 atom stereocenters. The van der Waals surface area contributed by atoms with Gasteiger partial charge >= 0.3 is 0 Å². The minimum atomic E-state index is -3.73. The van der Waals surface area contributed by atoms with E-state index in [0.29, 0.717) is 5.69 Å². The second-order valence-electron chi connectivity index (χ2n) is 6.41. The van der Waals surface area contributed by atoms with E-state index < -0.39 is 20.0 Å². The van der Waals surface area contributed by atoms with Crippen LogP contribution in [0.15, 0.2) is 34.5 Å². The molecule has 1 aliphatic rings. The maximum absolute atomic E-state index is 12.8. The van der Waals surface area contributed by atoms with Gasteiger partial charge in [0.15, 0.2) is 5.13 Å².